The fraction of sp³-hybridized carbons (Fsp3) is 0.240. The molecule has 0 radical (unpaired) electrons. The molecular weight excluding hydrogens is 457 g/mol. The lowest BCUT2D eigenvalue weighted by Crippen LogP contribution is -2.33. The van der Waals surface area contributed by atoms with Gasteiger partial charge in [-0.1, -0.05) is 35.9 Å². The summed E-state index contributed by atoms with van der Waals surface area (Å²) in [5.41, 5.74) is 3.99. The van der Waals surface area contributed by atoms with Gasteiger partial charge in [0.1, 0.15) is 5.82 Å². The van der Waals surface area contributed by atoms with Crippen LogP contribution in [0, 0.1) is 5.82 Å². The van der Waals surface area contributed by atoms with E-state index in [1.807, 2.05) is 55.3 Å². The number of halogens is 2. The Morgan fingerprint density at radius 3 is 2.52 bits per heavy atom. The normalized spacial score (nSPS) is 14.9. The molecule has 5 nitrogen and oxygen atoms in total. The van der Waals surface area contributed by atoms with Crippen LogP contribution in [0.4, 0.5) is 16.0 Å². The first kappa shape index (κ1) is 21.9. The fourth-order valence-corrected chi connectivity index (χ4v) is 5.12. The molecule has 0 aliphatic carbocycles. The van der Waals surface area contributed by atoms with Gasteiger partial charge in [-0.2, -0.15) is 11.8 Å². The molecule has 1 fully saturated rings. The molecule has 0 bridgehead atoms. The molecule has 0 amide bonds. The van der Waals surface area contributed by atoms with Crippen molar-refractivity contribution in [3.8, 4) is 11.1 Å². The van der Waals surface area contributed by atoms with Crippen LogP contribution >= 0.6 is 23.4 Å². The summed E-state index contributed by atoms with van der Waals surface area (Å²) >= 11 is 8.49. The zero-order valence-electron chi connectivity index (χ0n) is 18.1. The zero-order chi connectivity index (χ0) is 22.8. The van der Waals surface area contributed by atoms with E-state index >= 15 is 0 Å². The topological polar surface area (TPSA) is 53.9 Å². The Morgan fingerprint density at radius 2 is 1.76 bits per heavy atom. The second-order valence-electron chi connectivity index (χ2n) is 7.97. The second kappa shape index (κ2) is 9.53. The van der Waals surface area contributed by atoms with Crippen molar-refractivity contribution in [3.63, 3.8) is 0 Å². The minimum absolute atomic E-state index is 0.253. The molecule has 1 N–H and O–H groups in total. The molecule has 4 aromatic rings. The predicted octanol–water partition coefficient (Wildman–Crippen LogP) is 6.21. The number of pyridine rings is 1. The molecule has 168 valence electrons. The number of hydrogen-bond acceptors (Lipinski definition) is 6. The lowest BCUT2D eigenvalue weighted by atomic mass is 10.0. The van der Waals surface area contributed by atoms with Crippen LogP contribution in [0.1, 0.15) is 18.5 Å². The van der Waals surface area contributed by atoms with Crippen molar-refractivity contribution in [3.05, 3.63) is 77.5 Å². The van der Waals surface area contributed by atoms with Gasteiger partial charge in [0.15, 0.2) is 0 Å². The quantitative estimate of drug-likeness (QED) is 0.367. The molecule has 3 heterocycles. The van der Waals surface area contributed by atoms with Gasteiger partial charge in [0, 0.05) is 59.7 Å². The zero-order valence-corrected chi connectivity index (χ0v) is 19.7. The molecule has 0 spiro atoms. The molecular formula is C25H23ClFN5S. The van der Waals surface area contributed by atoms with Crippen molar-refractivity contribution >= 4 is 45.9 Å². The van der Waals surface area contributed by atoms with Crippen molar-refractivity contribution in [2.24, 2.45) is 0 Å². The Morgan fingerprint density at radius 1 is 1.00 bits per heavy atom. The van der Waals surface area contributed by atoms with Gasteiger partial charge >= 0.3 is 0 Å². The standard InChI is InChI=1S/C25H23ClFN5S/c1-16(19-4-2-3-5-22(19)27)31-24-20-12-17(6-7-23(20)28-15-21(24)26)18-13-29-25(30-14-18)32-8-10-33-11-9-32/h2-7,12-16H,8-11H2,1H3,(H,28,31)/t16-/m1/s1. The van der Waals surface area contributed by atoms with E-state index in [1.165, 1.54) is 6.07 Å². The molecule has 0 unspecified atom stereocenters. The summed E-state index contributed by atoms with van der Waals surface area (Å²) < 4.78 is 14.3. The lowest BCUT2D eigenvalue weighted by molar-refractivity contribution is 0.600. The molecule has 1 aliphatic heterocycles. The Hall–Kier alpha value is -2.90. The molecule has 2 aromatic carbocycles. The van der Waals surface area contributed by atoms with Gasteiger partial charge in [-0.15, -0.1) is 0 Å². The predicted molar refractivity (Wildman–Crippen MR) is 136 cm³/mol. The maximum atomic E-state index is 14.3. The first-order valence-electron chi connectivity index (χ1n) is 10.8. The fourth-order valence-electron chi connectivity index (χ4n) is 4.01. The Kier molecular flexibility index (Phi) is 6.33. The van der Waals surface area contributed by atoms with Gasteiger partial charge in [0.05, 0.1) is 22.3 Å². The van der Waals surface area contributed by atoms with Crippen LogP contribution in [0.3, 0.4) is 0 Å². The third-order valence-corrected chi connectivity index (χ3v) is 7.05. The molecule has 0 saturated carbocycles. The van der Waals surface area contributed by atoms with E-state index in [-0.39, 0.29) is 11.9 Å². The van der Waals surface area contributed by atoms with Crippen molar-refractivity contribution in [1.82, 2.24) is 15.0 Å². The number of hydrogen-bond donors (Lipinski definition) is 1. The molecule has 1 atom stereocenters. The van der Waals surface area contributed by atoms with E-state index in [0.29, 0.717) is 10.6 Å². The monoisotopic (exact) mass is 479 g/mol. The van der Waals surface area contributed by atoms with Crippen LogP contribution in [-0.2, 0) is 0 Å². The molecule has 2 aromatic heterocycles. The Labute approximate surface area is 201 Å². The summed E-state index contributed by atoms with van der Waals surface area (Å²) in [5.74, 6) is 2.72. The van der Waals surface area contributed by atoms with E-state index in [0.717, 1.165) is 58.3 Å². The van der Waals surface area contributed by atoms with Crippen molar-refractivity contribution in [1.29, 1.82) is 0 Å². The average Bonchev–Trinajstić information content (AvgIpc) is 2.86. The highest BCUT2D eigenvalue weighted by molar-refractivity contribution is 7.99. The van der Waals surface area contributed by atoms with E-state index < -0.39 is 0 Å². The van der Waals surface area contributed by atoms with Crippen molar-refractivity contribution < 1.29 is 4.39 Å². The molecule has 1 saturated heterocycles. The number of nitrogens with zero attached hydrogens (tertiary/aromatic N) is 4. The number of thioether (sulfide) groups is 1. The van der Waals surface area contributed by atoms with Crippen LogP contribution in [0.5, 0.6) is 0 Å². The summed E-state index contributed by atoms with van der Waals surface area (Å²) in [6, 6.07) is 12.5. The van der Waals surface area contributed by atoms with E-state index in [4.69, 9.17) is 11.6 Å². The number of benzene rings is 2. The van der Waals surface area contributed by atoms with Gasteiger partial charge in [-0.3, -0.25) is 4.98 Å². The molecule has 33 heavy (non-hydrogen) atoms. The van der Waals surface area contributed by atoms with E-state index in [9.17, 15) is 4.39 Å². The largest absolute Gasteiger partial charge is 0.377 e. The van der Waals surface area contributed by atoms with Crippen LogP contribution in [0.15, 0.2) is 61.1 Å². The highest BCUT2D eigenvalue weighted by Gasteiger charge is 2.16. The van der Waals surface area contributed by atoms with Crippen LogP contribution in [-0.4, -0.2) is 39.5 Å². The number of anilines is 2. The summed E-state index contributed by atoms with van der Waals surface area (Å²) in [5, 5.41) is 4.73. The first-order valence-corrected chi connectivity index (χ1v) is 12.4. The van der Waals surface area contributed by atoms with Gasteiger partial charge in [0.2, 0.25) is 5.95 Å². The number of fused-ring (bicyclic) bond motifs is 1. The number of nitrogens with one attached hydrogen (secondary N) is 1. The highest BCUT2D eigenvalue weighted by atomic mass is 35.5. The maximum Gasteiger partial charge on any atom is 0.225 e. The SMILES string of the molecule is C[C@@H](Nc1c(Cl)cnc2ccc(-c3cnc(N4CCSCC4)nc3)cc12)c1ccccc1F. The Bertz CT molecular complexity index is 1280. The van der Waals surface area contributed by atoms with Gasteiger partial charge in [-0.05, 0) is 30.7 Å². The summed E-state index contributed by atoms with van der Waals surface area (Å²) in [6.07, 6.45) is 5.34. The minimum Gasteiger partial charge on any atom is -0.377 e. The van der Waals surface area contributed by atoms with Crippen LogP contribution in [0.25, 0.3) is 22.0 Å². The average molecular weight is 480 g/mol. The lowest BCUT2D eigenvalue weighted by Gasteiger charge is -2.26. The van der Waals surface area contributed by atoms with Gasteiger partial charge < -0.3 is 10.2 Å². The number of aromatic nitrogens is 3. The van der Waals surface area contributed by atoms with Crippen molar-refractivity contribution in [2.45, 2.75) is 13.0 Å². The molecule has 8 heteroatoms. The minimum atomic E-state index is -0.275. The molecule has 1 aliphatic rings. The maximum absolute atomic E-state index is 14.3. The summed E-state index contributed by atoms with van der Waals surface area (Å²) in [4.78, 5) is 15.9. The van der Waals surface area contributed by atoms with Crippen molar-refractivity contribution in [2.75, 3.05) is 34.8 Å². The molecule has 5 rings (SSSR count). The first-order chi connectivity index (χ1) is 16.1. The Balaban J connectivity index is 1.47. The smallest absolute Gasteiger partial charge is 0.225 e. The second-order valence-corrected chi connectivity index (χ2v) is 9.60. The van der Waals surface area contributed by atoms with Gasteiger partial charge in [0.25, 0.3) is 0 Å². The van der Waals surface area contributed by atoms with Gasteiger partial charge in [-0.25, -0.2) is 14.4 Å². The van der Waals surface area contributed by atoms with E-state index in [2.05, 4.69) is 25.2 Å². The number of rotatable bonds is 5. The third kappa shape index (κ3) is 4.61. The summed E-state index contributed by atoms with van der Waals surface area (Å²) in [7, 11) is 0. The summed E-state index contributed by atoms with van der Waals surface area (Å²) in [6.45, 7) is 3.86. The van der Waals surface area contributed by atoms with Crippen LogP contribution < -0.4 is 10.2 Å². The third-order valence-electron chi connectivity index (χ3n) is 5.82. The highest BCUT2D eigenvalue weighted by Crippen LogP contribution is 2.35. The van der Waals surface area contributed by atoms with Crippen LogP contribution in [0.2, 0.25) is 5.02 Å². The van der Waals surface area contributed by atoms with E-state index in [1.54, 1.807) is 18.3 Å².